The zero-order valence-electron chi connectivity index (χ0n) is 10.9. The van der Waals surface area contributed by atoms with Crippen LogP contribution in [0, 0.1) is 5.92 Å². The SMILES string of the molecule is CCCCC(CC)CC(=O)CCN(C)C. The largest absolute Gasteiger partial charge is 0.309 e. The van der Waals surface area contributed by atoms with Crippen molar-refractivity contribution in [2.45, 2.75) is 52.4 Å². The number of hydrogen-bond acceptors (Lipinski definition) is 2. The Morgan fingerprint density at radius 1 is 1.27 bits per heavy atom. The van der Waals surface area contributed by atoms with Crippen LogP contribution < -0.4 is 0 Å². The first-order chi connectivity index (χ1) is 7.10. The summed E-state index contributed by atoms with van der Waals surface area (Å²) >= 11 is 0. The second-order valence-electron chi connectivity index (χ2n) is 4.71. The van der Waals surface area contributed by atoms with E-state index in [1.807, 2.05) is 14.1 Å². The third-order valence-electron chi connectivity index (χ3n) is 2.90. The molecule has 0 bridgehead atoms. The van der Waals surface area contributed by atoms with E-state index >= 15 is 0 Å². The van der Waals surface area contributed by atoms with Crippen LogP contribution in [0.5, 0.6) is 0 Å². The lowest BCUT2D eigenvalue weighted by atomic mass is 9.93. The van der Waals surface area contributed by atoms with Gasteiger partial charge in [-0.25, -0.2) is 0 Å². The fourth-order valence-electron chi connectivity index (χ4n) is 1.72. The molecule has 2 nitrogen and oxygen atoms in total. The number of Topliss-reactive ketones (excluding diaryl/α,β-unsaturated/α-hetero) is 1. The summed E-state index contributed by atoms with van der Waals surface area (Å²) in [7, 11) is 4.03. The van der Waals surface area contributed by atoms with Crippen LogP contribution >= 0.6 is 0 Å². The van der Waals surface area contributed by atoms with Crippen molar-refractivity contribution in [3.63, 3.8) is 0 Å². The van der Waals surface area contributed by atoms with Crippen LogP contribution in [-0.2, 0) is 4.79 Å². The van der Waals surface area contributed by atoms with Gasteiger partial charge in [0.15, 0.2) is 0 Å². The van der Waals surface area contributed by atoms with Crippen LogP contribution in [0.4, 0.5) is 0 Å². The van der Waals surface area contributed by atoms with Crippen molar-refractivity contribution < 1.29 is 4.79 Å². The zero-order chi connectivity index (χ0) is 11.7. The average molecular weight is 213 g/mol. The summed E-state index contributed by atoms with van der Waals surface area (Å²) in [6.07, 6.45) is 6.39. The topological polar surface area (TPSA) is 20.3 Å². The highest BCUT2D eigenvalue weighted by Gasteiger charge is 2.11. The molecule has 0 heterocycles. The van der Waals surface area contributed by atoms with E-state index in [0.717, 1.165) is 25.8 Å². The predicted octanol–water partition coefficient (Wildman–Crippen LogP) is 3.11. The maximum Gasteiger partial charge on any atom is 0.134 e. The van der Waals surface area contributed by atoms with Gasteiger partial charge in [-0.2, -0.15) is 0 Å². The number of rotatable bonds is 9. The van der Waals surface area contributed by atoms with E-state index in [0.29, 0.717) is 11.7 Å². The zero-order valence-corrected chi connectivity index (χ0v) is 10.9. The van der Waals surface area contributed by atoms with Crippen LogP contribution in [0.3, 0.4) is 0 Å². The first-order valence-corrected chi connectivity index (χ1v) is 6.26. The van der Waals surface area contributed by atoms with Gasteiger partial charge in [-0.1, -0.05) is 39.5 Å². The number of ketones is 1. The average Bonchev–Trinajstić information content (AvgIpc) is 2.21. The summed E-state index contributed by atoms with van der Waals surface area (Å²) in [4.78, 5) is 13.7. The van der Waals surface area contributed by atoms with E-state index < -0.39 is 0 Å². The van der Waals surface area contributed by atoms with Gasteiger partial charge < -0.3 is 4.90 Å². The van der Waals surface area contributed by atoms with Gasteiger partial charge in [0.1, 0.15) is 5.78 Å². The molecule has 0 amide bonds. The maximum atomic E-state index is 11.7. The van der Waals surface area contributed by atoms with Crippen LogP contribution in [0.15, 0.2) is 0 Å². The molecule has 0 radical (unpaired) electrons. The van der Waals surface area contributed by atoms with Crippen molar-refractivity contribution in [1.29, 1.82) is 0 Å². The van der Waals surface area contributed by atoms with Crippen molar-refractivity contribution in [3.8, 4) is 0 Å². The molecule has 0 saturated heterocycles. The number of nitrogens with zero attached hydrogens (tertiary/aromatic N) is 1. The first-order valence-electron chi connectivity index (χ1n) is 6.26. The second-order valence-corrected chi connectivity index (χ2v) is 4.71. The molecule has 0 rings (SSSR count). The van der Waals surface area contributed by atoms with E-state index in [4.69, 9.17) is 0 Å². The van der Waals surface area contributed by atoms with E-state index in [1.165, 1.54) is 19.3 Å². The fourth-order valence-corrected chi connectivity index (χ4v) is 1.72. The molecule has 90 valence electrons. The minimum Gasteiger partial charge on any atom is -0.309 e. The molecule has 0 aromatic heterocycles. The maximum absolute atomic E-state index is 11.7. The molecule has 0 aromatic carbocycles. The summed E-state index contributed by atoms with van der Waals surface area (Å²) < 4.78 is 0. The lowest BCUT2D eigenvalue weighted by molar-refractivity contribution is -0.120. The van der Waals surface area contributed by atoms with Gasteiger partial charge in [-0.3, -0.25) is 4.79 Å². The number of carbonyl (C=O) groups excluding carboxylic acids is 1. The Kier molecular flexibility index (Phi) is 8.68. The van der Waals surface area contributed by atoms with Gasteiger partial charge >= 0.3 is 0 Å². The van der Waals surface area contributed by atoms with Gasteiger partial charge in [0.25, 0.3) is 0 Å². The minimum absolute atomic E-state index is 0.437. The number of hydrogen-bond donors (Lipinski definition) is 0. The standard InChI is InChI=1S/C13H27NO/c1-5-7-8-12(6-2)11-13(15)9-10-14(3)4/h12H,5-11H2,1-4H3. The number of unbranched alkanes of at least 4 members (excludes halogenated alkanes) is 1. The fraction of sp³-hybridized carbons (Fsp3) is 0.923. The van der Waals surface area contributed by atoms with Gasteiger partial charge in [-0.05, 0) is 20.0 Å². The first kappa shape index (κ1) is 14.6. The van der Waals surface area contributed by atoms with Crippen LogP contribution in [0.1, 0.15) is 52.4 Å². The molecular formula is C13H27NO. The van der Waals surface area contributed by atoms with E-state index in [1.54, 1.807) is 0 Å². The lowest BCUT2D eigenvalue weighted by Crippen LogP contribution is -2.18. The predicted molar refractivity (Wildman–Crippen MR) is 66.1 cm³/mol. The van der Waals surface area contributed by atoms with Gasteiger partial charge in [0.05, 0.1) is 0 Å². The van der Waals surface area contributed by atoms with Crippen molar-refractivity contribution in [3.05, 3.63) is 0 Å². The Hall–Kier alpha value is -0.370. The highest BCUT2D eigenvalue weighted by Crippen LogP contribution is 2.17. The summed E-state index contributed by atoms with van der Waals surface area (Å²) in [6.45, 7) is 5.29. The summed E-state index contributed by atoms with van der Waals surface area (Å²) in [5.74, 6) is 1.06. The van der Waals surface area contributed by atoms with Crippen molar-refractivity contribution in [1.82, 2.24) is 4.90 Å². The van der Waals surface area contributed by atoms with Gasteiger partial charge in [0.2, 0.25) is 0 Å². The minimum atomic E-state index is 0.437. The molecule has 0 aliphatic heterocycles. The summed E-state index contributed by atoms with van der Waals surface area (Å²) in [5.41, 5.74) is 0. The molecule has 0 saturated carbocycles. The van der Waals surface area contributed by atoms with Crippen LogP contribution in [-0.4, -0.2) is 31.3 Å². The second kappa shape index (κ2) is 8.90. The Morgan fingerprint density at radius 2 is 1.93 bits per heavy atom. The highest BCUT2D eigenvalue weighted by molar-refractivity contribution is 5.78. The third-order valence-corrected chi connectivity index (χ3v) is 2.90. The Balaban J connectivity index is 3.70. The van der Waals surface area contributed by atoms with Gasteiger partial charge in [0, 0.05) is 19.4 Å². The molecule has 0 aliphatic rings. The molecule has 1 atom stereocenters. The van der Waals surface area contributed by atoms with E-state index in [2.05, 4.69) is 18.7 Å². The Labute approximate surface area is 95.0 Å². The quantitative estimate of drug-likeness (QED) is 0.586. The van der Waals surface area contributed by atoms with Crippen LogP contribution in [0.25, 0.3) is 0 Å². The molecular weight excluding hydrogens is 186 g/mol. The number of carbonyl (C=O) groups is 1. The Bertz CT molecular complexity index is 166. The summed E-state index contributed by atoms with van der Waals surface area (Å²) in [6, 6.07) is 0. The smallest absolute Gasteiger partial charge is 0.134 e. The van der Waals surface area contributed by atoms with E-state index in [-0.39, 0.29) is 0 Å². The third kappa shape index (κ3) is 8.61. The Morgan fingerprint density at radius 3 is 2.40 bits per heavy atom. The van der Waals surface area contributed by atoms with Crippen LogP contribution in [0.2, 0.25) is 0 Å². The molecule has 1 unspecified atom stereocenters. The highest BCUT2D eigenvalue weighted by atomic mass is 16.1. The lowest BCUT2D eigenvalue weighted by Gasteiger charge is -2.14. The molecule has 0 aliphatic carbocycles. The normalized spacial score (nSPS) is 13.1. The van der Waals surface area contributed by atoms with Crippen molar-refractivity contribution >= 4 is 5.78 Å². The monoisotopic (exact) mass is 213 g/mol. The molecule has 15 heavy (non-hydrogen) atoms. The van der Waals surface area contributed by atoms with E-state index in [9.17, 15) is 4.79 Å². The molecule has 2 heteroatoms. The van der Waals surface area contributed by atoms with Crippen molar-refractivity contribution in [2.24, 2.45) is 5.92 Å². The van der Waals surface area contributed by atoms with Crippen molar-refractivity contribution in [2.75, 3.05) is 20.6 Å². The van der Waals surface area contributed by atoms with Gasteiger partial charge in [-0.15, -0.1) is 0 Å². The molecule has 0 fully saturated rings. The summed E-state index contributed by atoms with van der Waals surface area (Å²) in [5, 5.41) is 0. The molecule has 0 spiro atoms. The molecule has 0 aromatic rings. The molecule has 0 N–H and O–H groups in total.